The van der Waals surface area contributed by atoms with E-state index in [0.717, 1.165) is 49.2 Å². The zero-order valence-corrected chi connectivity index (χ0v) is 22.2. The molecule has 1 saturated carbocycles. The van der Waals surface area contributed by atoms with E-state index in [9.17, 15) is 4.79 Å². The topological polar surface area (TPSA) is 29.1 Å². The van der Waals surface area contributed by atoms with Crippen molar-refractivity contribution >= 4 is 62.8 Å². The van der Waals surface area contributed by atoms with Gasteiger partial charge in [-0.05, 0) is 31.0 Å². The van der Waals surface area contributed by atoms with Crippen LogP contribution in [0.25, 0.3) is 11.1 Å². The summed E-state index contributed by atoms with van der Waals surface area (Å²) in [4.78, 5) is 16.8. The third kappa shape index (κ3) is 4.36. The third-order valence-corrected chi connectivity index (χ3v) is 9.44. The molecule has 9 heteroatoms. The molecule has 0 radical (unpaired) electrons. The summed E-state index contributed by atoms with van der Waals surface area (Å²) < 4.78 is 6.10. The summed E-state index contributed by atoms with van der Waals surface area (Å²) in [5, 5.41) is 4.96. The molecule has 3 heterocycles. The van der Waals surface area contributed by atoms with Gasteiger partial charge >= 0.3 is 0 Å². The van der Waals surface area contributed by atoms with Gasteiger partial charge in [0, 0.05) is 28.6 Å². The third-order valence-electron chi connectivity index (χ3n) is 5.91. The van der Waals surface area contributed by atoms with Gasteiger partial charge in [0.25, 0.3) is 10.6 Å². The smallest absolute Gasteiger partial charge is 0.272 e. The van der Waals surface area contributed by atoms with Crippen LogP contribution >= 0.6 is 46.0 Å². The first-order chi connectivity index (χ1) is 16.1. The molecule has 0 unspecified atom stereocenters. The molecule has 174 valence electrons. The summed E-state index contributed by atoms with van der Waals surface area (Å²) in [6, 6.07) is 16.7. The Bertz CT molecular complexity index is 1540. The van der Waals surface area contributed by atoms with Crippen molar-refractivity contribution < 1.29 is 17.0 Å². The molecule has 0 saturated heterocycles. The molecule has 0 bridgehead atoms. The van der Waals surface area contributed by atoms with Gasteiger partial charge in [0.05, 0.1) is 17.1 Å². The molecule has 4 aromatic rings. The maximum Gasteiger partial charge on any atom is 0.272 e. The predicted molar refractivity (Wildman–Crippen MR) is 139 cm³/mol. The first kappa shape index (κ1) is 23.7. The Morgan fingerprint density at radius 1 is 1.18 bits per heavy atom. The minimum Gasteiger partial charge on any atom is -1.00 e. The van der Waals surface area contributed by atoms with Crippen LogP contribution in [0.15, 0.2) is 69.8 Å². The lowest BCUT2D eigenvalue weighted by atomic mass is 10.2. The van der Waals surface area contributed by atoms with Gasteiger partial charge in [-0.1, -0.05) is 65.0 Å². The first-order valence-electron chi connectivity index (χ1n) is 10.8. The molecule has 2 aromatic carbocycles. The Balaban J connectivity index is 0.00000241. The van der Waals surface area contributed by atoms with Gasteiger partial charge in [0.1, 0.15) is 14.2 Å². The fourth-order valence-electron chi connectivity index (χ4n) is 4.10. The lowest BCUT2D eigenvalue weighted by Crippen LogP contribution is -3.00. The number of hydrogen-bond acceptors (Lipinski definition) is 5. The highest BCUT2D eigenvalue weighted by atomic mass is 35.5. The molecule has 0 amide bonds. The fourth-order valence-corrected chi connectivity index (χ4v) is 7.68. The van der Waals surface area contributed by atoms with E-state index >= 15 is 0 Å². The summed E-state index contributed by atoms with van der Waals surface area (Å²) in [5.74, 6) is 0. The second kappa shape index (κ2) is 9.55. The number of aromatic nitrogens is 2. The van der Waals surface area contributed by atoms with Crippen molar-refractivity contribution in [3.05, 3.63) is 95.3 Å². The average molecular weight is 547 g/mol. The summed E-state index contributed by atoms with van der Waals surface area (Å²) in [6.45, 7) is 0.814. The van der Waals surface area contributed by atoms with Crippen LogP contribution in [-0.4, -0.2) is 11.6 Å². The molecule has 0 N–H and O–H groups in total. The van der Waals surface area contributed by atoms with Crippen molar-refractivity contribution in [2.45, 2.75) is 30.3 Å². The number of rotatable bonds is 4. The standard InChI is InChI=1S/C25H21ClN3OS3.ClH/c1-27-19-10-7-17(26)13-20(19)32-25(27)23-24(30)29(18-8-9-18)22(33-23)14-21-28(11-12-31-21)15-16-5-3-2-4-6-16;/h2-7,10-14,18H,8-9,15H2,1H3;1H/q+1;/p-1/b25-23+;. The summed E-state index contributed by atoms with van der Waals surface area (Å²) in [7, 11) is 2.03. The molecule has 4 nitrogen and oxygen atoms in total. The van der Waals surface area contributed by atoms with Crippen molar-refractivity contribution in [3.63, 3.8) is 0 Å². The molecule has 0 atom stereocenters. The minimum atomic E-state index is 0. The number of benzene rings is 2. The van der Waals surface area contributed by atoms with Crippen LogP contribution in [-0.2, 0) is 6.54 Å². The van der Waals surface area contributed by atoms with Crippen LogP contribution in [0.4, 0.5) is 5.69 Å². The van der Waals surface area contributed by atoms with E-state index < -0.39 is 0 Å². The average Bonchev–Trinajstić information content (AvgIpc) is 3.36. The van der Waals surface area contributed by atoms with E-state index in [1.54, 1.807) is 34.4 Å². The van der Waals surface area contributed by atoms with Gasteiger partial charge in [-0.25, -0.2) is 0 Å². The Morgan fingerprint density at radius 3 is 2.74 bits per heavy atom. The molecule has 6 rings (SSSR count). The van der Waals surface area contributed by atoms with Crippen molar-refractivity contribution in [2.24, 2.45) is 0 Å². The van der Waals surface area contributed by atoms with Gasteiger partial charge in [-0.15, -0.1) is 11.3 Å². The van der Waals surface area contributed by atoms with Gasteiger partial charge in [-0.2, -0.15) is 4.57 Å². The van der Waals surface area contributed by atoms with Crippen LogP contribution in [0, 0.1) is 0 Å². The number of hydrogen-bond donors (Lipinski definition) is 0. The predicted octanol–water partition coefficient (Wildman–Crippen LogP) is 1.44. The number of anilines is 1. The van der Waals surface area contributed by atoms with Gasteiger partial charge in [-0.3, -0.25) is 9.36 Å². The minimum absolute atomic E-state index is 0. The maximum atomic E-state index is 13.6. The number of nitrogens with zero attached hydrogens (tertiary/aromatic N) is 3. The molecule has 1 aliphatic carbocycles. The molecular weight excluding hydrogens is 525 g/mol. The monoisotopic (exact) mass is 545 g/mol. The molecule has 1 aliphatic heterocycles. The van der Waals surface area contributed by atoms with Crippen LogP contribution in [0.3, 0.4) is 0 Å². The Kier molecular flexibility index (Phi) is 6.66. The summed E-state index contributed by atoms with van der Waals surface area (Å²) in [5.41, 5.74) is 2.47. The van der Waals surface area contributed by atoms with E-state index in [4.69, 9.17) is 11.6 Å². The zero-order chi connectivity index (χ0) is 22.5. The lowest BCUT2D eigenvalue weighted by molar-refractivity contribution is -0.685. The van der Waals surface area contributed by atoms with E-state index in [1.165, 1.54) is 5.56 Å². The van der Waals surface area contributed by atoms with Crippen LogP contribution in [0.5, 0.6) is 0 Å². The Morgan fingerprint density at radius 2 is 1.97 bits per heavy atom. The van der Waals surface area contributed by atoms with Crippen molar-refractivity contribution in [1.29, 1.82) is 0 Å². The van der Waals surface area contributed by atoms with Crippen LogP contribution in [0.1, 0.15) is 29.5 Å². The van der Waals surface area contributed by atoms with Crippen LogP contribution < -0.4 is 36.6 Å². The highest BCUT2D eigenvalue weighted by Gasteiger charge is 2.30. The number of thioether (sulfide) groups is 1. The van der Waals surface area contributed by atoms with E-state index in [2.05, 4.69) is 51.4 Å². The molecule has 2 aromatic heterocycles. The second-order valence-corrected chi connectivity index (χ2v) is 11.7. The highest BCUT2D eigenvalue weighted by molar-refractivity contribution is 8.08. The van der Waals surface area contributed by atoms with Gasteiger partial charge < -0.3 is 17.3 Å². The molecule has 0 spiro atoms. The van der Waals surface area contributed by atoms with E-state index in [-0.39, 0.29) is 18.0 Å². The highest BCUT2D eigenvalue weighted by Crippen LogP contribution is 2.46. The zero-order valence-electron chi connectivity index (χ0n) is 18.3. The molecule has 2 aliphatic rings. The summed E-state index contributed by atoms with van der Waals surface area (Å²) >= 11 is 11.2. The Hall–Kier alpha value is -2.03. The quantitative estimate of drug-likeness (QED) is 0.363. The first-order valence-corrected chi connectivity index (χ1v) is 13.7. The largest absolute Gasteiger partial charge is 1.00 e. The van der Waals surface area contributed by atoms with Gasteiger partial charge in [0.2, 0.25) is 0 Å². The van der Waals surface area contributed by atoms with Crippen molar-refractivity contribution in [1.82, 2.24) is 4.57 Å². The fraction of sp³-hybridized carbons (Fsp3) is 0.200. The van der Waals surface area contributed by atoms with Crippen molar-refractivity contribution in [2.75, 3.05) is 11.9 Å². The number of thiazole rings is 2. The normalized spacial score (nSPS) is 17.1. The second-order valence-electron chi connectivity index (χ2n) is 8.25. The molecular formula is C25H21Cl2N3OS3. The summed E-state index contributed by atoms with van der Waals surface area (Å²) in [6.07, 6.45) is 6.44. The van der Waals surface area contributed by atoms with Crippen molar-refractivity contribution in [3.8, 4) is 0 Å². The lowest BCUT2D eigenvalue weighted by Gasteiger charge is -2.12. The maximum absolute atomic E-state index is 13.6. The van der Waals surface area contributed by atoms with Crippen LogP contribution in [0.2, 0.25) is 5.02 Å². The Labute approximate surface area is 220 Å². The van der Waals surface area contributed by atoms with E-state index in [0.29, 0.717) is 11.1 Å². The molecule has 34 heavy (non-hydrogen) atoms. The van der Waals surface area contributed by atoms with E-state index in [1.807, 2.05) is 35.9 Å². The molecule has 1 fully saturated rings. The SMILES string of the molecule is CN1/C(=c2\s/c(=C\c3scc[n+]3Cc3ccccc3)n(C3CC3)c2=O)Sc2cc(Cl)ccc21.[Cl-]. The van der Waals surface area contributed by atoms with Gasteiger partial charge in [0.15, 0.2) is 12.7 Å². The number of halogens is 2. The number of fused-ring (bicyclic) bond motifs is 1.